The standard InChI is InChI=1S/C13H22O4/c1-4-10(7-6-9(3)14)12(16)8-13(17)11(15)5-2/h7,9,13-14,17H,4-6,8H2,1-3H3. The van der Waals surface area contributed by atoms with Crippen LogP contribution in [0.3, 0.4) is 0 Å². The highest BCUT2D eigenvalue weighted by Gasteiger charge is 2.18. The van der Waals surface area contributed by atoms with E-state index in [9.17, 15) is 14.7 Å². The van der Waals surface area contributed by atoms with Crippen molar-refractivity contribution in [2.45, 2.75) is 58.7 Å². The van der Waals surface area contributed by atoms with Gasteiger partial charge in [-0.05, 0) is 25.3 Å². The van der Waals surface area contributed by atoms with E-state index in [0.29, 0.717) is 18.4 Å². The van der Waals surface area contributed by atoms with Crippen molar-refractivity contribution in [3.05, 3.63) is 11.6 Å². The second kappa shape index (κ2) is 8.14. The Labute approximate surface area is 102 Å². The summed E-state index contributed by atoms with van der Waals surface area (Å²) < 4.78 is 0. The first kappa shape index (κ1) is 16.0. The van der Waals surface area contributed by atoms with Crippen LogP contribution in [0.1, 0.15) is 46.5 Å². The number of aliphatic hydroxyl groups is 2. The van der Waals surface area contributed by atoms with E-state index in [0.717, 1.165) is 0 Å². The van der Waals surface area contributed by atoms with Gasteiger partial charge in [0, 0.05) is 12.8 Å². The second-order valence-corrected chi connectivity index (χ2v) is 4.13. The van der Waals surface area contributed by atoms with Gasteiger partial charge in [-0.1, -0.05) is 19.9 Å². The fourth-order valence-electron chi connectivity index (χ4n) is 1.42. The lowest BCUT2D eigenvalue weighted by atomic mass is 9.99. The van der Waals surface area contributed by atoms with Crippen molar-refractivity contribution in [1.82, 2.24) is 0 Å². The summed E-state index contributed by atoms with van der Waals surface area (Å²) in [6.45, 7) is 5.13. The molecule has 0 saturated heterocycles. The Morgan fingerprint density at radius 3 is 2.18 bits per heavy atom. The Bertz CT molecular complexity index is 292. The zero-order valence-electron chi connectivity index (χ0n) is 10.8. The van der Waals surface area contributed by atoms with Crippen molar-refractivity contribution in [2.75, 3.05) is 0 Å². The molecule has 4 nitrogen and oxygen atoms in total. The van der Waals surface area contributed by atoms with Crippen LogP contribution in [-0.4, -0.2) is 34.0 Å². The van der Waals surface area contributed by atoms with Gasteiger partial charge in [0.05, 0.1) is 6.10 Å². The minimum atomic E-state index is -1.20. The number of hydrogen-bond donors (Lipinski definition) is 2. The highest BCUT2D eigenvalue weighted by atomic mass is 16.3. The SMILES string of the molecule is CCC(=O)C(O)CC(=O)C(=CCC(C)O)CC. The van der Waals surface area contributed by atoms with Gasteiger partial charge in [-0.15, -0.1) is 0 Å². The molecule has 2 unspecified atom stereocenters. The van der Waals surface area contributed by atoms with Crippen molar-refractivity contribution in [1.29, 1.82) is 0 Å². The first-order chi connectivity index (χ1) is 7.92. The van der Waals surface area contributed by atoms with E-state index < -0.39 is 12.2 Å². The van der Waals surface area contributed by atoms with Gasteiger partial charge in [0.1, 0.15) is 6.10 Å². The number of carbonyl (C=O) groups excluding carboxylic acids is 2. The molecule has 98 valence electrons. The molecular formula is C13H22O4. The van der Waals surface area contributed by atoms with Gasteiger partial charge in [0.25, 0.3) is 0 Å². The van der Waals surface area contributed by atoms with Crippen LogP contribution >= 0.6 is 0 Å². The molecule has 0 fully saturated rings. The fraction of sp³-hybridized carbons (Fsp3) is 0.692. The maximum atomic E-state index is 11.8. The highest BCUT2D eigenvalue weighted by Crippen LogP contribution is 2.10. The molecule has 4 heteroatoms. The van der Waals surface area contributed by atoms with Crippen molar-refractivity contribution in [2.24, 2.45) is 0 Å². The molecular weight excluding hydrogens is 220 g/mol. The molecule has 0 rings (SSSR count). The number of aliphatic hydroxyl groups excluding tert-OH is 2. The Hall–Kier alpha value is -1.00. The zero-order chi connectivity index (χ0) is 13.4. The van der Waals surface area contributed by atoms with Crippen molar-refractivity contribution >= 4 is 11.6 Å². The summed E-state index contributed by atoms with van der Waals surface area (Å²) in [6, 6.07) is 0. The second-order valence-electron chi connectivity index (χ2n) is 4.13. The molecule has 0 aromatic rings. The Morgan fingerprint density at radius 2 is 1.76 bits per heavy atom. The predicted molar refractivity (Wildman–Crippen MR) is 65.6 cm³/mol. The summed E-state index contributed by atoms with van der Waals surface area (Å²) in [5.74, 6) is -0.535. The summed E-state index contributed by atoms with van der Waals surface area (Å²) in [4.78, 5) is 22.9. The molecule has 0 amide bonds. The van der Waals surface area contributed by atoms with E-state index >= 15 is 0 Å². The van der Waals surface area contributed by atoms with E-state index in [1.807, 2.05) is 6.92 Å². The third-order valence-corrected chi connectivity index (χ3v) is 2.54. The molecule has 2 atom stereocenters. The Kier molecular flexibility index (Phi) is 7.66. The van der Waals surface area contributed by atoms with Gasteiger partial charge in [-0.3, -0.25) is 9.59 Å². The van der Waals surface area contributed by atoms with Gasteiger partial charge in [-0.25, -0.2) is 0 Å². The van der Waals surface area contributed by atoms with Crippen LogP contribution in [0.4, 0.5) is 0 Å². The Balaban J connectivity index is 4.45. The molecule has 0 spiro atoms. The lowest BCUT2D eigenvalue weighted by molar-refractivity contribution is -0.130. The van der Waals surface area contributed by atoms with Crippen LogP contribution in [0.5, 0.6) is 0 Å². The van der Waals surface area contributed by atoms with Crippen molar-refractivity contribution in [3.8, 4) is 0 Å². The molecule has 0 aromatic heterocycles. The van der Waals surface area contributed by atoms with E-state index in [1.54, 1.807) is 19.9 Å². The number of hydrogen-bond acceptors (Lipinski definition) is 4. The summed E-state index contributed by atoms with van der Waals surface area (Å²) in [7, 11) is 0. The summed E-state index contributed by atoms with van der Waals surface area (Å²) in [5, 5.41) is 18.6. The molecule has 0 radical (unpaired) electrons. The topological polar surface area (TPSA) is 74.6 Å². The van der Waals surface area contributed by atoms with Crippen LogP contribution in [0, 0.1) is 0 Å². The smallest absolute Gasteiger partial charge is 0.161 e. The van der Waals surface area contributed by atoms with Crippen LogP contribution in [0.15, 0.2) is 11.6 Å². The van der Waals surface area contributed by atoms with Gasteiger partial charge in [0.15, 0.2) is 11.6 Å². The third kappa shape index (κ3) is 6.34. The lowest BCUT2D eigenvalue weighted by Gasteiger charge is -2.09. The maximum Gasteiger partial charge on any atom is 0.161 e. The van der Waals surface area contributed by atoms with E-state index in [4.69, 9.17) is 5.11 Å². The average molecular weight is 242 g/mol. The summed E-state index contributed by atoms with van der Waals surface area (Å²) in [5.41, 5.74) is 0.564. The number of rotatable bonds is 8. The summed E-state index contributed by atoms with van der Waals surface area (Å²) in [6.07, 6.45) is 1.00. The number of allylic oxidation sites excluding steroid dienone is 1. The van der Waals surface area contributed by atoms with Crippen molar-refractivity contribution in [3.63, 3.8) is 0 Å². The van der Waals surface area contributed by atoms with E-state index in [-0.39, 0.29) is 24.4 Å². The van der Waals surface area contributed by atoms with Crippen LogP contribution in [0.2, 0.25) is 0 Å². The first-order valence-corrected chi connectivity index (χ1v) is 6.03. The minimum Gasteiger partial charge on any atom is -0.393 e. The molecule has 0 saturated carbocycles. The van der Waals surface area contributed by atoms with E-state index in [2.05, 4.69) is 0 Å². The minimum absolute atomic E-state index is 0.161. The van der Waals surface area contributed by atoms with Gasteiger partial charge < -0.3 is 10.2 Å². The van der Waals surface area contributed by atoms with Gasteiger partial charge >= 0.3 is 0 Å². The number of ketones is 2. The summed E-state index contributed by atoms with van der Waals surface area (Å²) >= 11 is 0. The fourth-order valence-corrected chi connectivity index (χ4v) is 1.42. The van der Waals surface area contributed by atoms with Crippen LogP contribution in [0.25, 0.3) is 0 Å². The first-order valence-electron chi connectivity index (χ1n) is 6.03. The molecule has 0 aliphatic carbocycles. The molecule has 0 bridgehead atoms. The molecule has 2 N–H and O–H groups in total. The molecule has 0 aliphatic heterocycles. The monoisotopic (exact) mass is 242 g/mol. The van der Waals surface area contributed by atoms with Crippen molar-refractivity contribution < 1.29 is 19.8 Å². The van der Waals surface area contributed by atoms with Gasteiger partial charge in [0.2, 0.25) is 0 Å². The highest BCUT2D eigenvalue weighted by molar-refractivity contribution is 5.98. The third-order valence-electron chi connectivity index (χ3n) is 2.54. The quantitative estimate of drug-likeness (QED) is 0.631. The number of Topliss-reactive ketones (excluding diaryl/α,β-unsaturated/α-hetero) is 2. The molecule has 0 heterocycles. The van der Waals surface area contributed by atoms with Crippen LogP contribution < -0.4 is 0 Å². The van der Waals surface area contributed by atoms with Crippen LogP contribution in [-0.2, 0) is 9.59 Å². The predicted octanol–water partition coefficient (Wildman–Crippen LogP) is 1.39. The maximum absolute atomic E-state index is 11.8. The Morgan fingerprint density at radius 1 is 1.18 bits per heavy atom. The number of carbonyl (C=O) groups is 2. The van der Waals surface area contributed by atoms with E-state index in [1.165, 1.54) is 0 Å². The average Bonchev–Trinajstić information content (AvgIpc) is 2.28. The molecule has 0 aromatic carbocycles. The van der Waals surface area contributed by atoms with Gasteiger partial charge in [-0.2, -0.15) is 0 Å². The largest absolute Gasteiger partial charge is 0.393 e. The molecule has 0 aliphatic rings. The zero-order valence-corrected chi connectivity index (χ0v) is 10.8. The lowest BCUT2D eigenvalue weighted by Crippen LogP contribution is -2.23. The molecule has 17 heavy (non-hydrogen) atoms. The normalized spacial score (nSPS) is 15.5.